The molecule has 0 saturated carbocycles. The van der Waals surface area contributed by atoms with E-state index in [0.717, 1.165) is 11.4 Å². The summed E-state index contributed by atoms with van der Waals surface area (Å²) in [6.45, 7) is 5.73. The van der Waals surface area contributed by atoms with E-state index >= 15 is 0 Å². The Bertz CT molecular complexity index is 526. The van der Waals surface area contributed by atoms with Crippen LogP contribution in [0, 0.1) is 12.8 Å². The van der Waals surface area contributed by atoms with Gasteiger partial charge in [0.1, 0.15) is 0 Å². The van der Waals surface area contributed by atoms with Crippen molar-refractivity contribution in [3.63, 3.8) is 0 Å². The van der Waals surface area contributed by atoms with Crippen LogP contribution in [0.2, 0.25) is 0 Å². The lowest BCUT2D eigenvalue weighted by molar-refractivity contribution is 0.0939. The molecule has 0 aliphatic carbocycles. The molecule has 3 nitrogen and oxygen atoms in total. The number of ketones is 1. The summed E-state index contributed by atoms with van der Waals surface area (Å²) in [6, 6.07) is 9.83. The first kappa shape index (κ1) is 11.6. The summed E-state index contributed by atoms with van der Waals surface area (Å²) in [5.41, 5.74) is 2.59. The number of Topliss-reactive ketones (excluding diaryl/α,β-unsaturated/α-hetero) is 1. The van der Waals surface area contributed by atoms with Crippen molar-refractivity contribution < 1.29 is 4.79 Å². The van der Waals surface area contributed by atoms with Crippen molar-refractivity contribution in [2.24, 2.45) is 5.92 Å². The molecule has 0 aliphatic rings. The molecule has 0 N–H and O–H groups in total. The Balaban J connectivity index is 2.44. The number of hydrogen-bond acceptors (Lipinski definition) is 2. The fourth-order valence-electron chi connectivity index (χ4n) is 1.79. The third-order valence-corrected chi connectivity index (χ3v) is 2.80. The van der Waals surface area contributed by atoms with Crippen molar-refractivity contribution in [1.82, 2.24) is 9.78 Å². The van der Waals surface area contributed by atoms with E-state index in [1.165, 1.54) is 0 Å². The predicted molar refractivity (Wildman–Crippen MR) is 67.5 cm³/mol. The lowest BCUT2D eigenvalue weighted by Crippen LogP contribution is -2.09. The van der Waals surface area contributed by atoms with E-state index in [0.29, 0.717) is 5.56 Å². The Morgan fingerprint density at radius 1 is 1.24 bits per heavy atom. The fraction of sp³-hybridized carbons (Fsp3) is 0.286. The second-order valence-corrected chi connectivity index (χ2v) is 4.41. The number of carbonyl (C=O) groups is 1. The summed E-state index contributed by atoms with van der Waals surface area (Å²) in [6.07, 6.45) is 1.66. The Labute approximate surface area is 101 Å². The van der Waals surface area contributed by atoms with Crippen molar-refractivity contribution in [2.45, 2.75) is 20.8 Å². The second kappa shape index (κ2) is 4.53. The zero-order valence-corrected chi connectivity index (χ0v) is 10.3. The van der Waals surface area contributed by atoms with Gasteiger partial charge in [-0.2, -0.15) is 5.10 Å². The van der Waals surface area contributed by atoms with Crippen molar-refractivity contribution in [2.75, 3.05) is 0 Å². The third-order valence-electron chi connectivity index (χ3n) is 2.80. The quantitative estimate of drug-likeness (QED) is 0.757. The summed E-state index contributed by atoms with van der Waals surface area (Å²) in [5.74, 6) is 0.145. The first-order valence-corrected chi connectivity index (χ1v) is 5.75. The average Bonchev–Trinajstić information content (AvgIpc) is 2.71. The molecule has 1 heterocycles. The maximum atomic E-state index is 12.0. The van der Waals surface area contributed by atoms with Gasteiger partial charge >= 0.3 is 0 Å². The lowest BCUT2D eigenvalue weighted by Gasteiger charge is -2.06. The van der Waals surface area contributed by atoms with E-state index in [1.807, 2.05) is 51.1 Å². The zero-order valence-electron chi connectivity index (χ0n) is 10.3. The summed E-state index contributed by atoms with van der Waals surface area (Å²) in [5, 5.41) is 4.29. The molecule has 88 valence electrons. The largest absolute Gasteiger partial charge is 0.294 e. The van der Waals surface area contributed by atoms with E-state index < -0.39 is 0 Å². The summed E-state index contributed by atoms with van der Waals surface area (Å²) < 4.78 is 1.80. The molecule has 1 aromatic heterocycles. The van der Waals surface area contributed by atoms with Gasteiger partial charge in [0.25, 0.3) is 0 Å². The minimum Gasteiger partial charge on any atom is -0.294 e. The molecule has 0 amide bonds. The molecule has 0 bridgehead atoms. The molecule has 3 heteroatoms. The van der Waals surface area contributed by atoms with E-state index in [2.05, 4.69) is 5.10 Å². The highest BCUT2D eigenvalue weighted by Crippen LogP contribution is 2.16. The van der Waals surface area contributed by atoms with Crippen LogP contribution in [-0.2, 0) is 0 Å². The van der Waals surface area contributed by atoms with Crippen molar-refractivity contribution in [1.29, 1.82) is 0 Å². The molecule has 17 heavy (non-hydrogen) atoms. The van der Waals surface area contributed by atoms with Crippen LogP contribution in [0.4, 0.5) is 0 Å². The van der Waals surface area contributed by atoms with Crippen molar-refractivity contribution in [3.05, 3.63) is 47.8 Å². The first-order chi connectivity index (χ1) is 8.11. The SMILES string of the molecule is Cc1c(C(=O)C(C)C)cnn1-c1ccccc1. The van der Waals surface area contributed by atoms with Crippen molar-refractivity contribution in [3.8, 4) is 5.69 Å². The average molecular weight is 228 g/mol. The van der Waals surface area contributed by atoms with Gasteiger partial charge < -0.3 is 0 Å². The molecule has 0 fully saturated rings. The van der Waals surface area contributed by atoms with Gasteiger partial charge in [-0.05, 0) is 19.1 Å². The van der Waals surface area contributed by atoms with Crippen LogP contribution < -0.4 is 0 Å². The minimum atomic E-state index is 0.00197. The summed E-state index contributed by atoms with van der Waals surface area (Å²) >= 11 is 0. The Morgan fingerprint density at radius 3 is 2.47 bits per heavy atom. The van der Waals surface area contributed by atoms with Gasteiger partial charge in [-0.1, -0.05) is 32.0 Å². The highest BCUT2D eigenvalue weighted by molar-refractivity contribution is 5.98. The molecular weight excluding hydrogens is 212 g/mol. The van der Waals surface area contributed by atoms with Gasteiger partial charge in [-0.3, -0.25) is 4.79 Å². The topological polar surface area (TPSA) is 34.9 Å². The highest BCUT2D eigenvalue weighted by Gasteiger charge is 2.17. The number of hydrogen-bond donors (Lipinski definition) is 0. The number of benzene rings is 1. The monoisotopic (exact) mass is 228 g/mol. The number of carbonyl (C=O) groups excluding carboxylic acids is 1. The van der Waals surface area contributed by atoms with Gasteiger partial charge in [-0.25, -0.2) is 4.68 Å². The van der Waals surface area contributed by atoms with Crippen LogP contribution in [-0.4, -0.2) is 15.6 Å². The fourth-order valence-corrected chi connectivity index (χ4v) is 1.79. The van der Waals surface area contributed by atoms with Gasteiger partial charge in [0.2, 0.25) is 0 Å². The molecule has 0 unspecified atom stereocenters. The Morgan fingerprint density at radius 2 is 1.88 bits per heavy atom. The molecule has 0 atom stereocenters. The van der Waals surface area contributed by atoms with E-state index in [-0.39, 0.29) is 11.7 Å². The number of nitrogens with zero attached hydrogens (tertiary/aromatic N) is 2. The van der Waals surface area contributed by atoms with Gasteiger partial charge in [0.05, 0.1) is 23.1 Å². The zero-order chi connectivity index (χ0) is 12.4. The minimum absolute atomic E-state index is 0.00197. The Hall–Kier alpha value is -1.90. The van der Waals surface area contributed by atoms with Crippen molar-refractivity contribution >= 4 is 5.78 Å². The standard InChI is InChI=1S/C14H16N2O/c1-10(2)14(17)13-9-15-16(11(13)3)12-7-5-4-6-8-12/h4-10H,1-3H3. The Kier molecular flexibility index (Phi) is 3.09. The van der Waals surface area contributed by atoms with Crippen LogP contribution in [0.3, 0.4) is 0 Å². The number of rotatable bonds is 3. The first-order valence-electron chi connectivity index (χ1n) is 5.75. The molecular formula is C14H16N2O. The second-order valence-electron chi connectivity index (χ2n) is 4.41. The van der Waals surface area contributed by atoms with Crippen LogP contribution in [0.25, 0.3) is 5.69 Å². The molecule has 1 aromatic carbocycles. The number of para-hydroxylation sites is 1. The summed E-state index contributed by atoms with van der Waals surface area (Å²) in [7, 11) is 0. The van der Waals surface area contributed by atoms with Crippen LogP contribution >= 0.6 is 0 Å². The molecule has 0 spiro atoms. The third kappa shape index (κ3) is 2.13. The molecule has 2 rings (SSSR count). The van der Waals surface area contributed by atoms with Crippen LogP contribution in [0.5, 0.6) is 0 Å². The maximum Gasteiger partial charge on any atom is 0.168 e. The van der Waals surface area contributed by atoms with Gasteiger partial charge in [0, 0.05) is 5.92 Å². The van der Waals surface area contributed by atoms with Crippen LogP contribution in [0.1, 0.15) is 29.9 Å². The van der Waals surface area contributed by atoms with Gasteiger partial charge in [-0.15, -0.1) is 0 Å². The summed E-state index contributed by atoms with van der Waals surface area (Å²) in [4.78, 5) is 12.0. The highest BCUT2D eigenvalue weighted by atomic mass is 16.1. The molecule has 0 radical (unpaired) electrons. The predicted octanol–water partition coefficient (Wildman–Crippen LogP) is 3.02. The maximum absolute atomic E-state index is 12.0. The van der Waals surface area contributed by atoms with E-state index in [1.54, 1.807) is 10.9 Å². The molecule has 0 saturated heterocycles. The smallest absolute Gasteiger partial charge is 0.168 e. The van der Waals surface area contributed by atoms with E-state index in [4.69, 9.17) is 0 Å². The normalized spacial score (nSPS) is 10.8. The number of aromatic nitrogens is 2. The van der Waals surface area contributed by atoms with Gasteiger partial charge in [0.15, 0.2) is 5.78 Å². The lowest BCUT2D eigenvalue weighted by atomic mass is 10.0. The molecule has 0 aliphatic heterocycles. The molecule has 2 aromatic rings. The van der Waals surface area contributed by atoms with E-state index in [9.17, 15) is 4.79 Å². The van der Waals surface area contributed by atoms with Crippen LogP contribution in [0.15, 0.2) is 36.5 Å².